The Hall–Kier alpha value is -8.52. The van der Waals surface area contributed by atoms with Crippen LogP contribution < -0.4 is 94.3 Å². The van der Waals surface area contributed by atoms with Crippen LogP contribution in [0.1, 0.15) is 0 Å². The molecule has 0 bridgehead atoms. The summed E-state index contributed by atoms with van der Waals surface area (Å²) >= 11 is 1.80. The van der Waals surface area contributed by atoms with Crippen LogP contribution in [-0.2, 0) is 0 Å². The molecule has 8 aliphatic rings. The lowest BCUT2D eigenvalue weighted by Gasteiger charge is -2.47. The van der Waals surface area contributed by atoms with Crippen LogP contribution >= 0.6 is 11.3 Å². The zero-order valence-electron chi connectivity index (χ0n) is 37.6. The number of nitrogens with zero attached hydrogens (tertiary/aromatic N) is 2. The monoisotopic (exact) mass is 918 g/mol. The van der Waals surface area contributed by atoms with Gasteiger partial charge in [0.25, 0.3) is 26.9 Å². The maximum atomic E-state index is 7.21. The number of rotatable bonds is 0. The highest BCUT2D eigenvalue weighted by Crippen LogP contribution is 2.49. The first-order valence-electron chi connectivity index (χ1n) is 24.5. The summed E-state index contributed by atoms with van der Waals surface area (Å²) in [5.74, 6) is 6.98. The Morgan fingerprint density at radius 1 is 0.282 bits per heavy atom. The molecule has 11 heteroatoms. The molecule has 9 heterocycles. The molecule has 0 N–H and O–H groups in total. The molecular weight excluding hydrogens is 888 g/mol. The smallest absolute Gasteiger partial charge is 0.256 e. The number of fused-ring (bicyclic) bond motifs is 23. The van der Waals surface area contributed by atoms with Crippen molar-refractivity contribution in [3.63, 3.8) is 0 Å². The van der Waals surface area contributed by atoms with Gasteiger partial charge in [-0.2, -0.15) is 0 Å². The molecule has 0 saturated heterocycles. The van der Waals surface area contributed by atoms with Crippen LogP contribution in [0.3, 0.4) is 0 Å². The summed E-state index contributed by atoms with van der Waals surface area (Å²) in [5.41, 5.74) is 21.8. The average Bonchev–Trinajstić information content (AvgIpc) is 3.76. The molecule has 0 spiro atoms. The molecule has 11 aromatic rings. The van der Waals surface area contributed by atoms with E-state index in [-0.39, 0.29) is 26.9 Å². The van der Waals surface area contributed by atoms with E-state index in [0.717, 1.165) is 46.0 Å². The van der Waals surface area contributed by atoms with Gasteiger partial charge in [-0.1, -0.05) is 121 Å². The molecule has 71 heavy (non-hydrogen) atoms. The van der Waals surface area contributed by atoms with Crippen LogP contribution in [0.4, 0.5) is 34.1 Å². The van der Waals surface area contributed by atoms with E-state index < -0.39 is 0 Å². The van der Waals surface area contributed by atoms with E-state index in [0.29, 0.717) is 0 Å². The molecule has 6 nitrogen and oxygen atoms in total. The summed E-state index contributed by atoms with van der Waals surface area (Å²) in [6, 6.07) is 66.7. The van der Waals surface area contributed by atoms with Gasteiger partial charge in [-0.05, 0) is 114 Å². The van der Waals surface area contributed by atoms with E-state index in [9.17, 15) is 0 Å². The Morgan fingerprint density at radius 3 is 0.972 bits per heavy atom. The number of thiophene rings is 1. The van der Waals surface area contributed by atoms with Crippen molar-refractivity contribution in [1.82, 2.24) is 0 Å². The van der Waals surface area contributed by atoms with Crippen LogP contribution in [0.5, 0.6) is 46.0 Å². The van der Waals surface area contributed by atoms with Crippen molar-refractivity contribution in [3.8, 4) is 46.0 Å². The van der Waals surface area contributed by atoms with Crippen molar-refractivity contribution in [2.45, 2.75) is 0 Å². The number of hydrogen-bond donors (Lipinski definition) is 0. The van der Waals surface area contributed by atoms with Crippen LogP contribution in [0.25, 0.3) is 20.2 Å². The molecule has 0 saturated carbocycles. The first-order chi connectivity index (χ1) is 35.2. The highest BCUT2D eigenvalue weighted by Gasteiger charge is 2.52. The second kappa shape index (κ2) is 12.4. The van der Waals surface area contributed by atoms with E-state index in [1.54, 1.807) is 11.3 Å². The summed E-state index contributed by atoms with van der Waals surface area (Å²) in [6.45, 7) is -0.0681. The first-order valence-corrected chi connectivity index (χ1v) is 25.3. The van der Waals surface area contributed by atoms with Crippen molar-refractivity contribution in [2.24, 2.45) is 0 Å². The lowest BCUT2D eigenvalue weighted by molar-refractivity contribution is 0.465. The van der Waals surface area contributed by atoms with Gasteiger partial charge >= 0.3 is 0 Å². The molecular formula is C60H30B4N2O4S. The second-order valence-electron chi connectivity index (χ2n) is 20.1. The highest BCUT2D eigenvalue weighted by molar-refractivity contribution is 7.26. The lowest BCUT2D eigenvalue weighted by atomic mass is 9.29. The average molecular weight is 918 g/mol. The minimum absolute atomic E-state index is 0.0258. The van der Waals surface area contributed by atoms with E-state index in [1.165, 1.54) is 120 Å². The van der Waals surface area contributed by atoms with Gasteiger partial charge in [0.2, 0.25) is 0 Å². The largest absolute Gasteiger partial charge is 0.458 e. The molecule has 19 rings (SSSR count). The standard InChI is InChI=1S/C60H30B4N2O4S/c1-7-19-41-33(13-1)61-37-17-5-11-23-45(37)67-49-27-51-57-59(55(49)61)65(41)43-21-9-3-15-35(43)63(57)39-25-31-32-26-40-48(30-54(32)71-53(31)29-47(39)69-51)70-52-28-50-56-60-58(52)64(40)36-16-4-10-22-44(36)66(60)42-20-8-2-14-34(42)62(56)38-18-6-12-24-46(38)68-50/h1-30H. The summed E-state index contributed by atoms with van der Waals surface area (Å²) < 4.78 is 30.5. The number of benzene rings is 10. The number of anilines is 6. The van der Waals surface area contributed by atoms with Gasteiger partial charge < -0.3 is 28.7 Å². The molecule has 1 aromatic heterocycles. The summed E-state index contributed by atoms with van der Waals surface area (Å²) in [4.78, 5) is 4.98. The summed E-state index contributed by atoms with van der Waals surface area (Å²) in [7, 11) is 0. The third kappa shape index (κ3) is 4.28. The van der Waals surface area contributed by atoms with Gasteiger partial charge in [0.1, 0.15) is 46.0 Å². The molecule has 0 fully saturated rings. The SMILES string of the molecule is c1ccc2c(c1)Oc1cc3c4c5c1B2c1ccccc1N5c1ccccc1B4c1cc2c(cc1O3)sc1cc3c(cc12)B1c2ccccc2N2c4ccccc4B4c5ccccc5Oc5cc(c1c2c54)O3. The maximum Gasteiger partial charge on any atom is 0.256 e. The fourth-order valence-corrected chi connectivity index (χ4v) is 15.4. The number of ether oxygens (including phenoxy) is 4. The normalized spacial score (nSPS) is 15.0. The minimum atomic E-state index is -0.0598. The Morgan fingerprint density at radius 2 is 0.592 bits per heavy atom. The zero-order chi connectivity index (χ0) is 45.5. The maximum absolute atomic E-state index is 7.21. The van der Waals surface area contributed by atoms with Crippen LogP contribution in [0, 0.1) is 0 Å². The van der Waals surface area contributed by atoms with E-state index in [2.05, 4.69) is 192 Å². The van der Waals surface area contributed by atoms with E-state index >= 15 is 0 Å². The lowest BCUT2D eigenvalue weighted by Crippen LogP contribution is -2.67. The minimum Gasteiger partial charge on any atom is -0.458 e. The van der Waals surface area contributed by atoms with E-state index in [1.807, 2.05) is 0 Å². The molecule has 322 valence electrons. The van der Waals surface area contributed by atoms with Crippen molar-refractivity contribution in [2.75, 3.05) is 9.80 Å². The Labute approximate surface area is 412 Å². The molecule has 0 amide bonds. The quantitative estimate of drug-likeness (QED) is 0.157. The molecule has 0 aliphatic carbocycles. The van der Waals surface area contributed by atoms with Crippen LogP contribution in [-0.4, -0.2) is 26.9 Å². The molecule has 0 radical (unpaired) electrons. The zero-order valence-corrected chi connectivity index (χ0v) is 38.4. The van der Waals surface area contributed by atoms with Crippen molar-refractivity contribution in [1.29, 1.82) is 0 Å². The van der Waals surface area contributed by atoms with Crippen LogP contribution in [0.15, 0.2) is 182 Å². The van der Waals surface area contributed by atoms with Gasteiger partial charge in [0.05, 0.1) is 0 Å². The summed E-state index contributed by atoms with van der Waals surface area (Å²) in [5, 5.41) is 2.46. The van der Waals surface area contributed by atoms with Crippen molar-refractivity contribution >= 4 is 158 Å². The van der Waals surface area contributed by atoms with Crippen LogP contribution in [0.2, 0.25) is 0 Å². The Kier molecular flexibility index (Phi) is 6.39. The molecule has 8 aliphatic heterocycles. The molecule has 0 atom stereocenters. The number of para-hydroxylation sites is 6. The summed E-state index contributed by atoms with van der Waals surface area (Å²) in [6.07, 6.45) is 0. The van der Waals surface area contributed by atoms with Gasteiger partial charge in [-0.15, -0.1) is 11.3 Å². The Balaban J connectivity index is 0.838. The predicted molar refractivity (Wildman–Crippen MR) is 293 cm³/mol. The van der Waals surface area contributed by atoms with Gasteiger partial charge in [0.15, 0.2) is 0 Å². The number of hydrogen-bond acceptors (Lipinski definition) is 7. The predicted octanol–water partition coefficient (Wildman–Crippen LogP) is 6.74. The third-order valence-corrected chi connectivity index (χ3v) is 18.0. The van der Waals surface area contributed by atoms with Crippen molar-refractivity contribution in [3.05, 3.63) is 182 Å². The highest BCUT2D eigenvalue weighted by atomic mass is 32.1. The molecule has 10 aromatic carbocycles. The fourth-order valence-electron chi connectivity index (χ4n) is 14.2. The fraction of sp³-hybridized carbons (Fsp3) is 0. The van der Waals surface area contributed by atoms with Gasteiger partial charge in [-0.25, -0.2) is 0 Å². The topological polar surface area (TPSA) is 43.4 Å². The van der Waals surface area contributed by atoms with Crippen molar-refractivity contribution < 1.29 is 18.9 Å². The Bertz CT molecular complexity index is 4130. The third-order valence-electron chi connectivity index (χ3n) is 16.9. The van der Waals surface area contributed by atoms with Gasteiger partial charge in [-0.3, -0.25) is 0 Å². The molecule has 0 unspecified atom stereocenters. The second-order valence-corrected chi connectivity index (χ2v) is 21.2. The van der Waals surface area contributed by atoms with E-state index in [4.69, 9.17) is 18.9 Å². The van der Waals surface area contributed by atoms with Gasteiger partial charge in [0, 0.05) is 66.4 Å². The first kappa shape index (κ1) is 36.5.